The molecular formula is C10H16N2O. The largest absolute Gasteiger partial charge is 0.327 e. The first-order valence-corrected chi connectivity index (χ1v) is 4.61. The number of terminal acetylenes is 1. The maximum Gasteiger partial charge on any atom is 0.318 e. The molecule has 2 amide bonds. The van der Waals surface area contributed by atoms with Gasteiger partial charge in [-0.1, -0.05) is 19.8 Å². The van der Waals surface area contributed by atoms with Gasteiger partial charge in [0, 0.05) is 13.1 Å². The number of nitrogens with zero attached hydrogens (tertiary/aromatic N) is 1. The van der Waals surface area contributed by atoms with Crippen LogP contribution in [0.1, 0.15) is 13.8 Å². The second-order valence-corrected chi connectivity index (χ2v) is 3.77. The van der Waals surface area contributed by atoms with Crippen LogP contribution in [0, 0.1) is 24.2 Å². The third-order valence-corrected chi connectivity index (χ3v) is 2.48. The van der Waals surface area contributed by atoms with Crippen molar-refractivity contribution in [2.45, 2.75) is 13.8 Å². The Morgan fingerprint density at radius 2 is 2.31 bits per heavy atom. The highest BCUT2D eigenvalue weighted by atomic mass is 16.2. The lowest BCUT2D eigenvalue weighted by Gasteiger charge is -2.41. The SMILES string of the molecule is C#CCNC(=O)N1CC(C(C)C)C1. The highest BCUT2D eigenvalue weighted by Gasteiger charge is 2.31. The van der Waals surface area contributed by atoms with Gasteiger partial charge >= 0.3 is 6.03 Å². The average molecular weight is 180 g/mol. The van der Waals surface area contributed by atoms with Crippen LogP contribution in [0.15, 0.2) is 0 Å². The molecule has 0 spiro atoms. The van der Waals surface area contributed by atoms with Gasteiger partial charge in [0.1, 0.15) is 0 Å². The third-order valence-electron chi connectivity index (χ3n) is 2.48. The fourth-order valence-corrected chi connectivity index (χ4v) is 1.34. The minimum absolute atomic E-state index is 0.0325. The summed E-state index contributed by atoms with van der Waals surface area (Å²) in [4.78, 5) is 13.1. The van der Waals surface area contributed by atoms with Gasteiger partial charge < -0.3 is 10.2 Å². The summed E-state index contributed by atoms with van der Waals surface area (Å²) in [6, 6.07) is -0.0325. The van der Waals surface area contributed by atoms with E-state index < -0.39 is 0 Å². The summed E-state index contributed by atoms with van der Waals surface area (Å²) in [6.45, 7) is 6.42. The predicted octanol–water partition coefficient (Wildman–Crippen LogP) is 0.917. The number of likely N-dealkylation sites (tertiary alicyclic amines) is 1. The van der Waals surface area contributed by atoms with Crippen molar-refractivity contribution < 1.29 is 4.79 Å². The molecule has 1 aliphatic heterocycles. The van der Waals surface area contributed by atoms with Crippen LogP contribution in [0.2, 0.25) is 0 Å². The lowest BCUT2D eigenvalue weighted by molar-refractivity contribution is 0.0948. The number of carbonyl (C=O) groups excluding carboxylic acids is 1. The topological polar surface area (TPSA) is 32.3 Å². The van der Waals surface area contributed by atoms with E-state index in [1.165, 1.54) is 0 Å². The van der Waals surface area contributed by atoms with Crippen LogP contribution in [-0.2, 0) is 0 Å². The number of carbonyl (C=O) groups is 1. The summed E-state index contributed by atoms with van der Waals surface area (Å²) in [6.07, 6.45) is 5.03. The van der Waals surface area contributed by atoms with Gasteiger partial charge in [-0.05, 0) is 11.8 Å². The summed E-state index contributed by atoms with van der Waals surface area (Å²) in [5.74, 6) is 3.70. The van der Waals surface area contributed by atoms with Gasteiger partial charge in [0.05, 0.1) is 6.54 Å². The molecule has 13 heavy (non-hydrogen) atoms. The maximum absolute atomic E-state index is 11.3. The summed E-state index contributed by atoms with van der Waals surface area (Å²) in [5.41, 5.74) is 0. The fourth-order valence-electron chi connectivity index (χ4n) is 1.34. The molecule has 1 N–H and O–H groups in total. The van der Waals surface area contributed by atoms with E-state index in [1.54, 1.807) is 4.90 Å². The Kier molecular flexibility index (Phi) is 3.18. The fraction of sp³-hybridized carbons (Fsp3) is 0.700. The molecule has 72 valence electrons. The van der Waals surface area contributed by atoms with E-state index in [2.05, 4.69) is 25.1 Å². The lowest BCUT2D eigenvalue weighted by Crippen LogP contribution is -2.55. The van der Waals surface area contributed by atoms with Crippen molar-refractivity contribution in [2.24, 2.45) is 11.8 Å². The van der Waals surface area contributed by atoms with Crippen molar-refractivity contribution in [1.29, 1.82) is 0 Å². The summed E-state index contributed by atoms with van der Waals surface area (Å²) < 4.78 is 0. The van der Waals surface area contributed by atoms with Gasteiger partial charge in [0.15, 0.2) is 0 Å². The molecule has 1 saturated heterocycles. The summed E-state index contributed by atoms with van der Waals surface area (Å²) in [7, 11) is 0. The highest BCUT2D eigenvalue weighted by Crippen LogP contribution is 2.22. The molecule has 0 unspecified atom stereocenters. The van der Waals surface area contributed by atoms with E-state index in [-0.39, 0.29) is 6.03 Å². The van der Waals surface area contributed by atoms with Crippen LogP contribution < -0.4 is 5.32 Å². The number of rotatable bonds is 2. The normalized spacial score (nSPS) is 16.6. The maximum atomic E-state index is 11.3. The van der Waals surface area contributed by atoms with E-state index in [0.29, 0.717) is 18.4 Å². The third kappa shape index (κ3) is 2.38. The molecule has 1 aliphatic rings. The molecule has 0 aliphatic carbocycles. The second kappa shape index (κ2) is 4.18. The zero-order valence-electron chi connectivity index (χ0n) is 8.21. The summed E-state index contributed by atoms with van der Waals surface area (Å²) >= 11 is 0. The van der Waals surface area contributed by atoms with E-state index in [9.17, 15) is 4.79 Å². The average Bonchev–Trinajstić information content (AvgIpc) is 1.97. The zero-order valence-corrected chi connectivity index (χ0v) is 8.21. The Labute approximate surface area is 79.5 Å². The van der Waals surface area contributed by atoms with Crippen molar-refractivity contribution in [1.82, 2.24) is 10.2 Å². The van der Waals surface area contributed by atoms with Gasteiger partial charge in [-0.15, -0.1) is 6.42 Å². The van der Waals surface area contributed by atoms with Crippen LogP contribution in [0.5, 0.6) is 0 Å². The van der Waals surface area contributed by atoms with Crippen molar-refractivity contribution >= 4 is 6.03 Å². The predicted molar refractivity (Wildman–Crippen MR) is 52.1 cm³/mol. The van der Waals surface area contributed by atoms with Crippen LogP contribution in [0.3, 0.4) is 0 Å². The number of hydrogen-bond donors (Lipinski definition) is 1. The van der Waals surface area contributed by atoms with Crippen molar-refractivity contribution in [3.05, 3.63) is 0 Å². The van der Waals surface area contributed by atoms with Crippen molar-refractivity contribution in [3.8, 4) is 12.3 Å². The van der Waals surface area contributed by atoms with Crippen molar-refractivity contribution in [2.75, 3.05) is 19.6 Å². The van der Waals surface area contributed by atoms with E-state index in [1.807, 2.05) is 0 Å². The van der Waals surface area contributed by atoms with E-state index in [0.717, 1.165) is 13.1 Å². The Morgan fingerprint density at radius 1 is 1.69 bits per heavy atom. The first kappa shape index (κ1) is 9.91. The molecular weight excluding hydrogens is 164 g/mol. The Bertz CT molecular complexity index is 224. The Balaban J connectivity index is 2.20. The van der Waals surface area contributed by atoms with E-state index >= 15 is 0 Å². The molecule has 1 heterocycles. The smallest absolute Gasteiger partial charge is 0.318 e. The van der Waals surface area contributed by atoms with Crippen LogP contribution >= 0.6 is 0 Å². The highest BCUT2D eigenvalue weighted by molar-refractivity contribution is 5.75. The number of amides is 2. The molecule has 0 saturated carbocycles. The van der Waals surface area contributed by atoms with Gasteiger partial charge in [-0.2, -0.15) is 0 Å². The molecule has 1 rings (SSSR count). The first-order valence-electron chi connectivity index (χ1n) is 4.61. The van der Waals surface area contributed by atoms with E-state index in [4.69, 9.17) is 6.42 Å². The number of nitrogens with one attached hydrogen (secondary N) is 1. The Hall–Kier alpha value is -1.17. The quantitative estimate of drug-likeness (QED) is 0.630. The molecule has 1 fully saturated rings. The summed E-state index contributed by atoms with van der Waals surface area (Å²) in [5, 5.41) is 2.64. The second-order valence-electron chi connectivity index (χ2n) is 3.77. The van der Waals surface area contributed by atoms with Gasteiger partial charge in [0.2, 0.25) is 0 Å². The molecule has 0 atom stereocenters. The molecule has 0 bridgehead atoms. The number of urea groups is 1. The van der Waals surface area contributed by atoms with Crippen LogP contribution in [-0.4, -0.2) is 30.6 Å². The Morgan fingerprint density at radius 3 is 2.77 bits per heavy atom. The minimum atomic E-state index is -0.0325. The first-order chi connectivity index (χ1) is 6.15. The molecule has 0 aromatic heterocycles. The zero-order chi connectivity index (χ0) is 9.84. The standard InChI is InChI=1S/C10H16N2O/c1-4-5-11-10(13)12-6-9(7-12)8(2)3/h1,8-9H,5-7H2,2-3H3,(H,11,13). The van der Waals surface area contributed by atoms with Crippen LogP contribution in [0.25, 0.3) is 0 Å². The van der Waals surface area contributed by atoms with Crippen molar-refractivity contribution in [3.63, 3.8) is 0 Å². The lowest BCUT2D eigenvalue weighted by atomic mass is 9.89. The minimum Gasteiger partial charge on any atom is -0.327 e. The van der Waals surface area contributed by atoms with Gasteiger partial charge in [-0.3, -0.25) is 0 Å². The number of hydrogen-bond acceptors (Lipinski definition) is 1. The molecule has 3 nitrogen and oxygen atoms in total. The van der Waals surface area contributed by atoms with Gasteiger partial charge in [-0.25, -0.2) is 4.79 Å². The molecule has 0 radical (unpaired) electrons. The monoisotopic (exact) mass is 180 g/mol. The van der Waals surface area contributed by atoms with Gasteiger partial charge in [0.25, 0.3) is 0 Å². The van der Waals surface area contributed by atoms with Crippen LogP contribution in [0.4, 0.5) is 4.79 Å². The molecule has 0 aromatic carbocycles. The molecule has 0 aromatic rings. The molecule has 3 heteroatoms.